The van der Waals surface area contributed by atoms with Crippen LogP contribution in [0, 0.1) is 0 Å². The number of nitrogens with zero attached hydrogens (tertiary/aromatic N) is 2. The van der Waals surface area contributed by atoms with Crippen LogP contribution < -0.4 is 11.1 Å². The van der Waals surface area contributed by atoms with Crippen molar-refractivity contribution in [2.75, 3.05) is 31.9 Å². The Morgan fingerprint density at radius 2 is 1.72 bits per heavy atom. The van der Waals surface area contributed by atoms with Gasteiger partial charge in [-0.15, -0.1) is 0 Å². The van der Waals surface area contributed by atoms with Gasteiger partial charge in [0.2, 0.25) is 0 Å². The van der Waals surface area contributed by atoms with Crippen LogP contribution in [0.25, 0.3) is 10.9 Å². The molecule has 25 heavy (non-hydrogen) atoms. The fraction of sp³-hybridized carbons (Fsp3) is 0.333. The molecule has 1 aliphatic rings. The summed E-state index contributed by atoms with van der Waals surface area (Å²) in [7, 11) is 0. The standard InChI is InChI=1S/C21H26N4/c1-2-21(24-15-12-23-13-16-24,18-8-4-5-9-19(18)22)25-14-11-17-7-3-6-10-20(17)25/h3-11,14,23H,2,12-13,15-16,22H2,1H3/t21-/m1/s1. The molecular formula is C21H26N4. The second-order valence-corrected chi connectivity index (χ2v) is 6.74. The van der Waals surface area contributed by atoms with Crippen LogP contribution >= 0.6 is 0 Å². The van der Waals surface area contributed by atoms with E-state index in [-0.39, 0.29) is 5.66 Å². The first kappa shape index (κ1) is 16.2. The number of hydrogen-bond donors (Lipinski definition) is 2. The van der Waals surface area contributed by atoms with Gasteiger partial charge in [0, 0.05) is 49.1 Å². The van der Waals surface area contributed by atoms with Crippen molar-refractivity contribution in [1.29, 1.82) is 0 Å². The quantitative estimate of drug-likeness (QED) is 0.720. The van der Waals surface area contributed by atoms with E-state index in [0.29, 0.717) is 0 Å². The predicted molar refractivity (Wildman–Crippen MR) is 105 cm³/mol. The van der Waals surface area contributed by atoms with Gasteiger partial charge in [0.25, 0.3) is 0 Å². The first-order chi connectivity index (χ1) is 12.3. The van der Waals surface area contributed by atoms with E-state index in [0.717, 1.165) is 38.3 Å². The van der Waals surface area contributed by atoms with Gasteiger partial charge < -0.3 is 15.6 Å². The zero-order valence-corrected chi connectivity index (χ0v) is 14.8. The molecule has 1 aliphatic heterocycles. The van der Waals surface area contributed by atoms with Gasteiger partial charge in [-0.2, -0.15) is 0 Å². The van der Waals surface area contributed by atoms with Gasteiger partial charge in [-0.25, -0.2) is 0 Å². The van der Waals surface area contributed by atoms with Crippen LogP contribution in [0.2, 0.25) is 0 Å². The smallest absolute Gasteiger partial charge is 0.125 e. The topological polar surface area (TPSA) is 46.2 Å². The minimum absolute atomic E-state index is 0.267. The molecule has 1 aromatic heterocycles. The highest BCUT2D eigenvalue weighted by molar-refractivity contribution is 5.80. The summed E-state index contributed by atoms with van der Waals surface area (Å²) in [4.78, 5) is 2.58. The number of para-hydroxylation sites is 2. The molecular weight excluding hydrogens is 308 g/mol. The maximum absolute atomic E-state index is 6.48. The van der Waals surface area contributed by atoms with Gasteiger partial charge in [-0.1, -0.05) is 43.3 Å². The minimum Gasteiger partial charge on any atom is -0.398 e. The van der Waals surface area contributed by atoms with E-state index in [1.54, 1.807) is 0 Å². The summed E-state index contributed by atoms with van der Waals surface area (Å²) >= 11 is 0. The normalized spacial score (nSPS) is 18.3. The average molecular weight is 334 g/mol. The maximum atomic E-state index is 6.48. The molecule has 1 fully saturated rings. The minimum atomic E-state index is -0.267. The molecule has 130 valence electrons. The van der Waals surface area contributed by atoms with Crippen LogP contribution in [0.4, 0.5) is 5.69 Å². The van der Waals surface area contributed by atoms with E-state index >= 15 is 0 Å². The van der Waals surface area contributed by atoms with Crippen molar-refractivity contribution in [2.24, 2.45) is 0 Å². The van der Waals surface area contributed by atoms with E-state index in [1.165, 1.54) is 16.5 Å². The molecule has 4 rings (SSSR count). The zero-order valence-electron chi connectivity index (χ0n) is 14.8. The molecule has 0 amide bonds. The Morgan fingerprint density at radius 1 is 1.00 bits per heavy atom. The van der Waals surface area contributed by atoms with Crippen molar-refractivity contribution in [3.63, 3.8) is 0 Å². The van der Waals surface area contributed by atoms with Gasteiger partial charge in [0.05, 0.1) is 0 Å². The number of nitrogen functional groups attached to an aromatic ring is 1. The number of piperazine rings is 1. The van der Waals surface area contributed by atoms with E-state index in [1.807, 2.05) is 12.1 Å². The molecule has 0 radical (unpaired) electrons. The van der Waals surface area contributed by atoms with Crippen molar-refractivity contribution < 1.29 is 0 Å². The Balaban J connectivity index is 1.99. The third-order valence-electron chi connectivity index (χ3n) is 5.52. The summed E-state index contributed by atoms with van der Waals surface area (Å²) in [6.07, 6.45) is 3.18. The third kappa shape index (κ3) is 2.53. The highest BCUT2D eigenvalue weighted by Gasteiger charge is 2.41. The van der Waals surface area contributed by atoms with Gasteiger partial charge in [0.1, 0.15) is 5.66 Å². The molecule has 0 saturated carbocycles. The number of fused-ring (bicyclic) bond motifs is 1. The lowest BCUT2D eigenvalue weighted by Gasteiger charge is -2.48. The number of aromatic nitrogens is 1. The lowest BCUT2D eigenvalue weighted by Crippen LogP contribution is -2.57. The lowest BCUT2D eigenvalue weighted by atomic mass is 9.91. The highest BCUT2D eigenvalue weighted by atomic mass is 15.4. The van der Waals surface area contributed by atoms with E-state index in [9.17, 15) is 0 Å². The Hall–Kier alpha value is -2.30. The van der Waals surface area contributed by atoms with Crippen LogP contribution in [0.3, 0.4) is 0 Å². The number of nitrogens with one attached hydrogen (secondary N) is 1. The SMILES string of the molecule is CC[C@@](c1ccccc1N)(N1CCNCC1)n1ccc2ccccc21. The summed E-state index contributed by atoms with van der Waals surface area (Å²) in [6, 6.07) is 19.1. The van der Waals surface area contributed by atoms with Crippen molar-refractivity contribution in [2.45, 2.75) is 19.0 Å². The van der Waals surface area contributed by atoms with Crippen molar-refractivity contribution >= 4 is 16.6 Å². The van der Waals surface area contributed by atoms with E-state index in [4.69, 9.17) is 5.73 Å². The number of anilines is 1. The summed E-state index contributed by atoms with van der Waals surface area (Å²) in [5, 5.41) is 4.75. The second kappa shape index (κ2) is 6.54. The van der Waals surface area contributed by atoms with Gasteiger partial charge in [-0.3, -0.25) is 4.90 Å². The highest BCUT2D eigenvalue weighted by Crippen LogP contribution is 2.39. The van der Waals surface area contributed by atoms with Crippen molar-refractivity contribution in [3.05, 3.63) is 66.4 Å². The molecule has 1 atom stereocenters. The van der Waals surface area contributed by atoms with Gasteiger partial charge >= 0.3 is 0 Å². The van der Waals surface area contributed by atoms with Crippen LogP contribution in [-0.2, 0) is 5.66 Å². The van der Waals surface area contributed by atoms with E-state index in [2.05, 4.69) is 70.4 Å². The molecule has 2 aromatic carbocycles. The van der Waals surface area contributed by atoms with E-state index < -0.39 is 0 Å². The molecule has 3 N–H and O–H groups in total. The van der Waals surface area contributed by atoms with Crippen LogP contribution in [-0.4, -0.2) is 35.6 Å². The molecule has 4 nitrogen and oxygen atoms in total. The Morgan fingerprint density at radius 3 is 2.48 bits per heavy atom. The zero-order chi connectivity index (χ0) is 17.3. The maximum Gasteiger partial charge on any atom is 0.125 e. The lowest BCUT2D eigenvalue weighted by molar-refractivity contribution is 0.0440. The molecule has 0 aliphatic carbocycles. The van der Waals surface area contributed by atoms with Crippen molar-refractivity contribution in [3.8, 4) is 0 Å². The summed E-state index contributed by atoms with van der Waals surface area (Å²) in [6.45, 7) is 6.30. The molecule has 3 aromatic rings. The third-order valence-corrected chi connectivity index (χ3v) is 5.52. The average Bonchev–Trinajstić information content (AvgIpc) is 3.10. The summed E-state index contributed by atoms with van der Waals surface area (Å²) in [5.41, 5.74) is 9.53. The Kier molecular flexibility index (Phi) is 4.24. The number of rotatable bonds is 4. The first-order valence-corrected chi connectivity index (χ1v) is 9.14. The molecule has 4 heteroatoms. The fourth-order valence-electron chi connectivity index (χ4n) is 4.34. The number of benzene rings is 2. The molecule has 2 heterocycles. The first-order valence-electron chi connectivity index (χ1n) is 9.14. The van der Waals surface area contributed by atoms with Crippen LogP contribution in [0.5, 0.6) is 0 Å². The Bertz CT molecular complexity index is 863. The fourth-order valence-corrected chi connectivity index (χ4v) is 4.34. The van der Waals surface area contributed by atoms with Crippen LogP contribution in [0.1, 0.15) is 18.9 Å². The monoisotopic (exact) mass is 334 g/mol. The summed E-state index contributed by atoms with van der Waals surface area (Å²) in [5.74, 6) is 0. The largest absolute Gasteiger partial charge is 0.398 e. The predicted octanol–water partition coefficient (Wildman–Crippen LogP) is 3.24. The molecule has 0 bridgehead atoms. The van der Waals surface area contributed by atoms with Gasteiger partial charge in [0.15, 0.2) is 0 Å². The van der Waals surface area contributed by atoms with Crippen molar-refractivity contribution in [1.82, 2.24) is 14.8 Å². The van der Waals surface area contributed by atoms with Crippen LogP contribution in [0.15, 0.2) is 60.8 Å². The molecule has 1 saturated heterocycles. The number of nitrogens with two attached hydrogens (primary N) is 1. The summed E-state index contributed by atoms with van der Waals surface area (Å²) < 4.78 is 2.43. The second-order valence-electron chi connectivity index (χ2n) is 6.74. The number of hydrogen-bond acceptors (Lipinski definition) is 3. The molecule has 0 spiro atoms. The van der Waals surface area contributed by atoms with Gasteiger partial charge in [-0.05, 0) is 30.0 Å². The molecule has 0 unspecified atom stereocenters. The Labute approximate surface area is 149 Å².